The number of primary amides is 1. The number of nitrogens with two attached hydrogens (primary N) is 1. The molecule has 1 aliphatic rings. The first-order chi connectivity index (χ1) is 12.3. The molecule has 2 heterocycles. The van der Waals surface area contributed by atoms with Crippen molar-refractivity contribution in [3.63, 3.8) is 0 Å². The minimum atomic E-state index is -2.62. The molecule has 140 valence electrons. The van der Waals surface area contributed by atoms with E-state index in [0.717, 1.165) is 12.0 Å². The number of benzene rings is 1. The second kappa shape index (κ2) is 7.12. The summed E-state index contributed by atoms with van der Waals surface area (Å²) in [6.07, 6.45) is -2.38. The second-order valence-corrected chi connectivity index (χ2v) is 6.79. The highest BCUT2D eigenvalue weighted by atomic mass is 32.2. The molecule has 3 N–H and O–H groups in total. The summed E-state index contributed by atoms with van der Waals surface area (Å²) in [5.41, 5.74) is 5.97. The number of furan rings is 1. The summed E-state index contributed by atoms with van der Waals surface area (Å²) in [7, 11) is 0. The minimum Gasteiger partial charge on any atom is -0.488 e. The molecule has 10 heteroatoms. The fourth-order valence-corrected chi connectivity index (χ4v) is 3.41. The number of nitrogens with one attached hydrogen (secondary N) is 1. The number of alkyl halides is 2. The first-order valence-corrected chi connectivity index (χ1v) is 8.44. The Balaban J connectivity index is 1.92. The third-order valence-corrected chi connectivity index (χ3v) is 4.97. The van der Waals surface area contributed by atoms with Crippen molar-refractivity contribution in [2.75, 3.05) is 13.2 Å². The van der Waals surface area contributed by atoms with E-state index in [2.05, 4.69) is 5.32 Å². The Labute approximate surface area is 151 Å². The molecular formula is C16H16F2N2O5S. The van der Waals surface area contributed by atoms with Gasteiger partial charge in [-0.15, -0.1) is 0 Å². The summed E-state index contributed by atoms with van der Waals surface area (Å²) in [5.74, 6) is -0.813. The van der Waals surface area contributed by atoms with Gasteiger partial charge in [-0.25, -0.2) is 8.78 Å². The zero-order valence-corrected chi connectivity index (χ0v) is 14.5. The van der Waals surface area contributed by atoms with Gasteiger partial charge in [0.1, 0.15) is 23.7 Å². The Hall–Kier alpha value is -2.33. The predicted molar refractivity (Wildman–Crippen MR) is 90.0 cm³/mol. The monoisotopic (exact) mass is 386 g/mol. The third kappa shape index (κ3) is 3.47. The number of ether oxygens (including phenoxy) is 1. The van der Waals surface area contributed by atoms with Gasteiger partial charge in [0, 0.05) is 23.8 Å². The van der Waals surface area contributed by atoms with E-state index in [0.29, 0.717) is 16.7 Å². The zero-order chi connectivity index (χ0) is 18.9. The number of rotatable bonds is 6. The van der Waals surface area contributed by atoms with E-state index in [1.165, 1.54) is 18.2 Å². The van der Waals surface area contributed by atoms with Gasteiger partial charge in [-0.3, -0.25) is 9.59 Å². The number of hydrogen-bond acceptors (Lipinski definition) is 6. The SMILES string of the molecule is Cc1oc2ccc(OCC(F)F)cc2c1C(=O)NC1(C(N)=O)CCOS1. The third-order valence-electron chi connectivity index (χ3n) is 3.89. The Morgan fingerprint density at radius 3 is 2.85 bits per heavy atom. The highest BCUT2D eigenvalue weighted by Gasteiger charge is 2.44. The van der Waals surface area contributed by atoms with Gasteiger partial charge in [0.25, 0.3) is 18.2 Å². The molecule has 0 radical (unpaired) electrons. The van der Waals surface area contributed by atoms with E-state index < -0.39 is 29.7 Å². The summed E-state index contributed by atoms with van der Waals surface area (Å²) in [5, 5.41) is 2.99. The summed E-state index contributed by atoms with van der Waals surface area (Å²) in [6, 6.07) is 4.44. The fourth-order valence-electron chi connectivity index (χ4n) is 2.65. The van der Waals surface area contributed by atoms with Crippen LogP contribution in [0.25, 0.3) is 11.0 Å². The molecule has 1 unspecified atom stereocenters. The molecule has 2 amide bonds. The quantitative estimate of drug-likeness (QED) is 0.739. The molecule has 0 spiro atoms. The molecule has 7 nitrogen and oxygen atoms in total. The molecule has 1 atom stereocenters. The van der Waals surface area contributed by atoms with E-state index in [-0.39, 0.29) is 24.3 Å². The largest absolute Gasteiger partial charge is 0.488 e. The number of carbonyl (C=O) groups excluding carboxylic acids is 2. The Morgan fingerprint density at radius 1 is 1.46 bits per heavy atom. The van der Waals surface area contributed by atoms with Crippen LogP contribution in [0.15, 0.2) is 22.6 Å². The van der Waals surface area contributed by atoms with Gasteiger partial charge < -0.3 is 24.4 Å². The maximum Gasteiger partial charge on any atom is 0.272 e. The Bertz CT molecular complexity index is 849. The average Bonchev–Trinajstić information content (AvgIpc) is 3.16. The topological polar surface area (TPSA) is 104 Å². The molecular weight excluding hydrogens is 370 g/mol. The van der Waals surface area contributed by atoms with Crippen molar-refractivity contribution < 1.29 is 31.7 Å². The molecule has 0 saturated carbocycles. The van der Waals surface area contributed by atoms with Crippen LogP contribution in [0.2, 0.25) is 0 Å². The molecule has 1 fully saturated rings. The van der Waals surface area contributed by atoms with Crippen LogP contribution in [-0.2, 0) is 8.98 Å². The van der Waals surface area contributed by atoms with Crippen LogP contribution in [0.4, 0.5) is 8.78 Å². The van der Waals surface area contributed by atoms with Crippen LogP contribution in [0.3, 0.4) is 0 Å². The van der Waals surface area contributed by atoms with Crippen molar-refractivity contribution >= 4 is 34.8 Å². The van der Waals surface area contributed by atoms with Crippen molar-refractivity contribution in [2.24, 2.45) is 5.73 Å². The predicted octanol–water partition coefficient (Wildman–Crippen LogP) is 2.37. The molecule has 1 aliphatic heterocycles. The van der Waals surface area contributed by atoms with Crippen LogP contribution in [0.5, 0.6) is 5.75 Å². The molecule has 0 aliphatic carbocycles. The van der Waals surface area contributed by atoms with Gasteiger partial charge in [-0.1, -0.05) is 0 Å². The van der Waals surface area contributed by atoms with Gasteiger partial charge >= 0.3 is 0 Å². The highest BCUT2D eigenvalue weighted by molar-refractivity contribution is 7.97. The van der Waals surface area contributed by atoms with E-state index >= 15 is 0 Å². The fraction of sp³-hybridized carbons (Fsp3) is 0.375. The molecule has 3 rings (SSSR count). The number of halogens is 2. The van der Waals surface area contributed by atoms with Crippen molar-refractivity contribution in [1.82, 2.24) is 5.32 Å². The van der Waals surface area contributed by atoms with Gasteiger partial charge in [0.2, 0.25) is 0 Å². The summed E-state index contributed by atoms with van der Waals surface area (Å²) in [6.45, 7) is 1.09. The number of amides is 2. The normalized spacial score (nSPS) is 19.8. The number of carbonyl (C=O) groups is 2. The molecule has 2 aromatic rings. The number of hydrogen-bond donors (Lipinski definition) is 2. The van der Waals surface area contributed by atoms with Crippen molar-refractivity contribution in [1.29, 1.82) is 0 Å². The first-order valence-electron chi connectivity index (χ1n) is 7.69. The van der Waals surface area contributed by atoms with E-state index in [1.807, 2.05) is 0 Å². The molecule has 0 bridgehead atoms. The zero-order valence-electron chi connectivity index (χ0n) is 13.7. The average molecular weight is 386 g/mol. The van der Waals surface area contributed by atoms with Gasteiger partial charge in [0.05, 0.1) is 12.2 Å². The Kier molecular flexibility index (Phi) is 5.05. The van der Waals surface area contributed by atoms with Crippen LogP contribution in [0, 0.1) is 6.92 Å². The van der Waals surface area contributed by atoms with Crippen molar-refractivity contribution in [3.05, 3.63) is 29.5 Å². The summed E-state index contributed by atoms with van der Waals surface area (Å²) >= 11 is 0.804. The van der Waals surface area contributed by atoms with E-state index in [4.69, 9.17) is 19.1 Å². The summed E-state index contributed by atoms with van der Waals surface area (Å²) < 4.78 is 40.3. The smallest absolute Gasteiger partial charge is 0.272 e. The lowest BCUT2D eigenvalue weighted by Crippen LogP contribution is -2.53. The lowest BCUT2D eigenvalue weighted by atomic mass is 10.1. The molecule has 1 aromatic heterocycles. The van der Waals surface area contributed by atoms with Crippen molar-refractivity contribution in [3.8, 4) is 5.75 Å². The van der Waals surface area contributed by atoms with E-state index in [1.54, 1.807) is 6.92 Å². The van der Waals surface area contributed by atoms with Crippen molar-refractivity contribution in [2.45, 2.75) is 24.6 Å². The molecule has 1 aromatic carbocycles. The van der Waals surface area contributed by atoms with Crippen LogP contribution >= 0.6 is 12.0 Å². The van der Waals surface area contributed by atoms with Gasteiger partial charge in [-0.2, -0.15) is 0 Å². The lowest BCUT2D eigenvalue weighted by molar-refractivity contribution is -0.120. The van der Waals surface area contributed by atoms with E-state index in [9.17, 15) is 18.4 Å². The maximum absolute atomic E-state index is 12.8. The maximum atomic E-state index is 12.8. The molecule has 26 heavy (non-hydrogen) atoms. The minimum absolute atomic E-state index is 0.177. The summed E-state index contributed by atoms with van der Waals surface area (Å²) in [4.78, 5) is 23.2. The van der Waals surface area contributed by atoms with Gasteiger partial charge in [-0.05, 0) is 25.1 Å². The lowest BCUT2D eigenvalue weighted by Gasteiger charge is -2.23. The van der Waals surface area contributed by atoms with Crippen LogP contribution in [0.1, 0.15) is 22.5 Å². The molecule has 1 saturated heterocycles. The van der Waals surface area contributed by atoms with Crippen LogP contribution < -0.4 is 15.8 Å². The van der Waals surface area contributed by atoms with Gasteiger partial charge in [0.15, 0.2) is 4.87 Å². The number of fused-ring (bicyclic) bond motifs is 1. The number of aryl methyl sites for hydroxylation is 1. The highest BCUT2D eigenvalue weighted by Crippen LogP contribution is 2.35. The Morgan fingerprint density at radius 2 is 2.23 bits per heavy atom. The first kappa shape index (κ1) is 18.5. The van der Waals surface area contributed by atoms with Crippen LogP contribution in [-0.4, -0.2) is 36.3 Å². The second-order valence-electron chi connectivity index (χ2n) is 5.69. The standard InChI is InChI=1S/C16H16F2N2O5S/c1-8-13(14(21)20-16(15(19)22)4-5-24-26-16)10-6-9(23-7-12(17)18)2-3-11(10)25-8/h2-3,6,12H,4-5,7H2,1H3,(H2,19,22)(H,20,21).